The molecule has 46 heavy (non-hydrogen) atoms. The molecule has 224 valence electrons. The molecule has 0 spiro atoms. The average molecular weight is 617 g/mol. The van der Waals surface area contributed by atoms with Crippen LogP contribution in [-0.4, -0.2) is 26.2 Å². The highest BCUT2D eigenvalue weighted by atomic mass is 32.2. The van der Waals surface area contributed by atoms with Crippen molar-refractivity contribution in [3.05, 3.63) is 145 Å². The Balaban J connectivity index is 1.12. The minimum Gasteiger partial charge on any atom is -0.471 e. The van der Waals surface area contributed by atoms with Crippen LogP contribution in [0.15, 0.2) is 158 Å². The topological polar surface area (TPSA) is 47.1 Å². The van der Waals surface area contributed by atoms with E-state index in [1.165, 1.54) is 26.5 Å². The molecule has 1 aliphatic heterocycles. The number of fused-ring (bicyclic) bond motifs is 2. The Bertz CT molecular complexity index is 2140. The van der Waals surface area contributed by atoms with Crippen molar-refractivity contribution in [3.8, 4) is 39.1 Å². The quantitative estimate of drug-likeness (QED) is 0.168. The lowest BCUT2D eigenvalue weighted by Crippen LogP contribution is -1.97. The van der Waals surface area contributed by atoms with Crippen LogP contribution < -0.4 is 4.74 Å². The van der Waals surface area contributed by atoms with Crippen LogP contribution in [0.5, 0.6) is 5.75 Å². The van der Waals surface area contributed by atoms with E-state index in [4.69, 9.17) is 9.15 Å². The van der Waals surface area contributed by atoms with Gasteiger partial charge < -0.3 is 9.15 Å². The maximum atomic E-state index is 5.97. The van der Waals surface area contributed by atoms with E-state index in [1.807, 2.05) is 24.3 Å². The second kappa shape index (κ2) is 13.7. The first-order valence-corrected chi connectivity index (χ1v) is 16.0. The van der Waals surface area contributed by atoms with Crippen LogP contribution in [-0.2, 0) is 6.42 Å². The van der Waals surface area contributed by atoms with Crippen molar-refractivity contribution in [2.75, 3.05) is 13.8 Å². The number of benzene rings is 5. The summed E-state index contributed by atoms with van der Waals surface area (Å²) in [5, 5.41) is 1.08. The van der Waals surface area contributed by atoms with Gasteiger partial charge in [-0.05, 0) is 112 Å². The maximum Gasteiger partial charge on any atom is 0.179 e. The summed E-state index contributed by atoms with van der Waals surface area (Å²) in [6, 6.07) is 39.0. The van der Waals surface area contributed by atoms with Crippen LogP contribution >= 0.6 is 11.8 Å². The molecule has 0 fully saturated rings. The Labute approximate surface area is 273 Å². The van der Waals surface area contributed by atoms with Gasteiger partial charge in [-0.3, -0.25) is 9.98 Å². The molecule has 0 unspecified atom stereocenters. The predicted molar refractivity (Wildman–Crippen MR) is 193 cm³/mol. The van der Waals surface area contributed by atoms with Gasteiger partial charge in [0, 0.05) is 40.2 Å². The molecule has 2 heterocycles. The molecule has 1 aromatic heterocycles. The molecule has 5 heteroatoms. The molecular weight excluding hydrogens is 585 g/mol. The lowest BCUT2D eigenvalue weighted by molar-refractivity contribution is 0.329. The van der Waals surface area contributed by atoms with Gasteiger partial charge in [0.25, 0.3) is 0 Å². The molecule has 0 atom stereocenters. The van der Waals surface area contributed by atoms with E-state index >= 15 is 0 Å². The zero-order valence-electron chi connectivity index (χ0n) is 25.5. The minimum atomic E-state index is 0.323. The van der Waals surface area contributed by atoms with Crippen LogP contribution in [0.1, 0.15) is 11.1 Å². The standard InChI is InChI=1S/C41H32N2O2S/c1-42-20-7-13-36-27-44-40-19-18-34(25-39(36)40)31-10-4-9-30(22-31)32-11-5-14-37(23-32)46-38-15-6-12-33(24-38)35-17-16-29-8-2-3-21-43-28-45-41(29)26-35/h2-7,9-27H,8,28H2,1H3/b3-2-,13-7-,42-20?,43-21-. The molecule has 6 aromatic rings. The summed E-state index contributed by atoms with van der Waals surface area (Å²) in [5.41, 5.74) is 10.0. The second-order valence-electron chi connectivity index (χ2n) is 11.0. The van der Waals surface area contributed by atoms with Crippen molar-refractivity contribution < 1.29 is 9.15 Å². The fraction of sp³-hybridized carbons (Fsp3) is 0.0732. The zero-order valence-corrected chi connectivity index (χ0v) is 26.3. The Morgan fingerprint density at radius 3 is 2.17 bits per heavy atom. The smallest absolute Gasteiger partial charge is 0.179 e. The highest BCUT2D eigenvalue weighted by molar-refractivity contribution is 7.99. The number of hydrogen-bond donors (Lipinski definition) is 0. The van der Waals surface area contributed by atoms with Crippen LogP contribution in [0.25, 0.3) is 50.4 Å². The van der Waals surface area contributed by atoms with Gasteiger partial charge in [-0.1, -0.05) is 78.5 Å². The van der Waals surface area contributed by atoms with Crippen molar-refractivity contribution in [1.29, 1.82) is 0 Å². The fourth-order valence-corrected chi connectivity index (χ4v) is 6.52. The first-order valence-electron chi connectivity index (χ1n) is 15.2. The van der Waals surface area contributed by atoms with E-state index in [0.717, 1.165) is 51.0 Å². The summed E-state index contributed by atoms with van der Waals surface area (Å²) < 4.78 is 11.8. The summed E-state index contributed by atoms with van der Waals surface area (Å²) in [6.07, 6.45) is 14.2. The Morgan fingerprint density at radius 2 is 1.41 bits per heavy atom. The van der Waals surface area contributed by atoms with Crippen molar-refractivity contribution >= 4 is 41.2 Å². The lowest BCUT2D eigenvalue weighted by Gasteiger charge is -2.12. The minimum absolute atomic E-state index is 0.323. The normalized spacial score (nSPS) is 14.5. The van der Waals surface area contributed by atoms with E-state index in [1.54, 1.807) is 37.5 Å². The van der Waals surface area contributed by atoms with Gasteiger partial charge >= 0.3 is 0 Å². The number of hydrogen-bond acceptors (Lipinski definition) is 5. The second-order valence-corrected chi connectivity index (χ2v) is 12.1. The molecule has 0 saturated carbocycles. The first-order chi connectivity index (χ1) is 22.7. The maximum absolute atomic E-state index is 5.97. The highest BCUT2D eigenvalue weighted by Crippen LogP contribution is 2.36. The zero-order chi connectivity index (χ0) is 31.1. The van der Waals surface area contributed by atoms with Crippen LogP contribution in [0, 0.1) is 0 Å². The van der Waals surface area contributed by atoms with E-state index in [0.29, 0.717) is 6.73 Å². The lowest BCUT2D eigenvalue weighted by atomic mass is 9.98. The third kappa shape index (κ3) is 6.65. The SMILES string of the molecule is CN=C/C=C\c1coc2ccc(-c3cccc(-c4cccc(Sc5cccc(-c6ccc7c(c6)OC/N=C\C=C/C7)c5)c4)c3)cc12. The number of allylic oxidation sites excluding steroid dienone is 3. The van der Waals surface area contributed by atoms with Gasteiger partial charge in [-0.25, -0.2) is 0 Å². The van der Waals surface area contributed by atoms with Gasteiger partial charge in [0.2, 0.25) is 0 Å². The van der Waals surface area contributed by atoms with Gasteiger partial charge in [0.05, 0.1) is 6.26 Å². The fourth-order valence-electron chi connectivity index (χ4n) is 5.59. The molecular formula is C41H32N2O2S. The van der Waals surface area contributed by atoms with E-state index in [2.05, 4.69) is 119 Å². The molecule has 0 saturated heterocycles. The largest absolute Gasteiger partial charge is 0.471 e. The Hall–Kier alpha value is -5.39. The number of ether oxygens (including phenoxy) is 1. The average Bonchev–Trinajstić information content (AvgIpc) is 3.55. The van der Waals surface area contributed by atoms with Gasteiger partial charge in [-0.2, -0.15) is 0 Å². The summed E-state index contributed by atoms with van der Waals surface area (Å²) in [7, 11) is 1.76. The van der Waals surface area contributed by atoms with E-state index in [-0.39, 0.29) is 0 Å². The van der Waals surface area contributed by atoms with Gasteiger partial charge in [0.15, 0.2) is 6.73 Å². The molecule has 1 aliphatic rings. The summed E-state index contributed by atoms with van der Waals surface area (Å²) >= 11 is 1.77. The van der Waals surface area contributed by atoms with Gasteiger partial charge in [-0.15, -0.1) is 0 Å². The molecule has 0 radical (unpaired) electrons. The van der Waals surface area contributed by atoms with Crippen LogP contribution in [0.3, 0.4) is 0 Å². The van der Waals surface area contributed by atoms with Crippen LogP contribution in [0.2, 0.25) is 0 Å². The first kappa shape index (κ1) is 29.3. The highest BCUT2D eigenvalue weighted by Gasteiger charge is 2.10. The molecule has 0 aliphatic carbocycles. The van der Waals surface area contributed by atoms with Crippen molar-refractivity contribution in [2.45, 2.75) is 16.2 Å². The Morgan fingerprint density at radius 1 is 0.739 bits per heavy atom. The number of aliphatic imine (C=N–C) groups is 2. The number of furan rings is 1. The monoisotopic (exact) mass is 616 g/mol. The Kier molecular flexibility index (Phi) is 8.75. The van der Waals surface area contributed by atoms with E-state index in [9.17, 15) is 0 Å². The molecule has 0 bridgehead atoms. The summed E-state index contributed by atoms with van der Waals surface area (Å²) in [5.74, 6) is 0.887. The summed E-state index contributed by atoms with van der Waals surface area (Å²) in [6.45, 7) is 0.323. The van der Waals surface area contributed by atoms with E-state index < -0.39 is 0 Å². The summed E-state index contributed by atoms with van der Waals surface area (Å²) in [4.78, 5) is 10.7. The number of nitrogens with zero attached hydrogens (tertiary/aromatic N) is 2. The predicted octanol–water partition coefficient (Wildman–Crippen LogP) is 10.8. The third-order valence-electron chi connectivity index (χ3n) is 7.91. The molecule has 5 aromatic carbocycles. The molecule has 7 rings (SSSR count). The van der Waals surface area contributed by atoms with Gasteiger partial charge in [0.1, 0.15) is 11.3 Å². The van der Waals surface area contributed by atoms with Crippen molar-refractivity contribution in [2.24, 2.45) is 9.98 Å². The molecule has 4 nitrogen and oxygen atoms in total. The van der Waals surface area contributed by atoms with Crippen molar-refractivity contribution in [1.82, 2.24) is 0 Å². The number of rotatable bonds is 7. The molecule has 0 amide bonds. The molecule has 0 N–H and O–H groups in total. The van der Waals surface area contributed by atoms with Crippen LogP contribution in [0.4, 0.5) is 0 Å². The third-order valence-corrected chi connectivity index (χ3v) is 8.89. The van der Waals surface area contributed by atoms with Crippen molar-refractivity contribution in [3.63, 3.8) is 0 Å².